The Morgan fingerprint density at radius 3 is 1.96 bits per heavy atom. The molecule has 10 heteroatoms. The van der Waals surface area contributed by atoms with Crippen molar-refractivity contribution in [1.82, 2.24) is 9.21 Å². The monoisotopic (exact) mass is 423 g/mol. The molecule has 0 unspecified atom stereocenters. The summed E-state index contributed by atoms with van der Waals surface area (Å²) in [6.45, 7) is 1.01. The Hall–Kier alpha value is -2.43. The SMILES string of the molecule is CS(=O)(=O)Nc1ccc(C(=O)N2CCN(S(=O)(=O)c3ccccc3)CC2)cc1. The summed E-state index contributed by atoms with van der Waals surface area (Å²) in [6, 6.07) is 14.3. The summed E-state index contributed by atoms with van der Waals surface area (Å²) >= 11 is 0. The van der Waals surface area contributed by atoms with E-state index in [9.17, 15) is 21.6 Å². The standard InChI is InChI=1S/C18H21N3O5S2/c1-27(23,24)19-16-9-7-15(8-10-16)18(22)20-11-13-21(14-12-20)28(25,26)17-5-3-2-4-6-17/h2-10,19H,11-14H2,1H3. The number of hydrogen-bond donors (Lipinski definition) is 1. The van der Waals surface area contributed by atoms with E-state index in [1.807, 2.05) is 0 Å². The second-order valence-corrected chi connectivity index (χ2v) is 10.1. The van der Waals surface area contributed by atoms with Gasteiger partial charge in [-0.25, -0.2) is 16.8 Å². The van der Waals surface area contributed by atoms with Crippen molar-refractivity contribution in [3.05, 3.63) is 60.2 Å². The molecule has 0 atom stereocenters. The van der Waals surface area contributed by atoms with E-state index in [1.165, 1.54) is 16.4 Å². The normalized spacial score (nSPS) is 16.0. The number of carbonyl (C=O) groups excluding carboxylic acids is 1. The number of carbonyl (C=O) groups is 1. The first kappa shape index (κ1) is 20.3. The van der Waals surface area contributed by atoms with Gasteiger partial charge < -0.3 is 4.90 Å². The van der Waals surface area contributed by atoms with Crippen LogP contribution in [0.25, 0.3) is 0 Å². The van der Waals surface area contributed by atoms with Crippen molar-refractivity contribution in [3.63, 3.8) is 0 Å². The first-order valence-electron chi connectivity index (χ1n) is 8.59. The highest BCUT2D eigenvalue weighted by atomic mass is 32.2. The van der Waals surface area contributed by atoms with Crippen molar-refractivity contribution in [3.8, 4) is 0 Å². The number of anilines is 1. The van der Waals surface area contributed by atoms with E-state index in [0.717, 1.165) is 6.26 Å². The predicted octanol–water partition coefficient (Wildman–Crippen LogP) is 1.20. The maximum absolute atomic E-state index is 12.7. The topological polar surface area (TPSA) is 104 Å². The quantitative estimate of drug-likeness (QED) is 0.778. The predicted molar refractivity (Wildman–Crippen MR) is 106 cm³/mol. The van der Waals surface area contributed by atoms with Crippen LogP contribution in [0.4, 0.5) is 5.69 Å². The number of sulfonamides is 2. The fraction of sp³-hybridized carbons (Fsp3) is 0.278. The van der Waals surface area contributed by atoms with E-state index in [0.29, 0.717) is 11.3 Å². The number of hydrogen-bond acceptors (Lipinski definition) is 5. The third-order valence-corrected chi connectivity index (χ3v) is 6.86. The van der Waals surface area contributed by atoms with Crippen molar-refractivity contribution in [2.45, 2.75) is 4.90 Å². The van der Waals surface area contributed by atoms with Gasteiger partial charge in [0, 0.05) is 37.4 Å². The van der Waals surface area contributed by atoms with E-state index >= 15 is 0 Å². The molecule has 1 fully saturated rings. The van der Waals surface area contributed by atoms with Gasteiger partial charge in [-0.3, -0.25) is 9.52 Å². The second kappa shape index (κ2) is 7.90. The van der Waals surface area contributed by atoms with E-state index in [2.05, 4.69) is 4.72 Å². The van der Waals surface area contributed by atoms with E-state index in [1.54, 1.807) is 47.4 Å². The average molecular weight is 424 g/mol. The summed E-state index contributed by atoms with van der Waals surface area (Å²) in [5.41, 5.74) is 0.788. The Kier molecular flexibility index (Phi) is 5.73. The molecule has 1 aliphatic rings. The van der Waals surface area contributed by atoms with Crippen molar-refractivity contribution in [1.29, 1.82) is 0 Å². The minimum Gasteiger partial charge on any atom is -0.336 e. The van der Waals surface area contributed by atoms with E-state index in [-0.39, 0.29) is 37.0 Å². The lowest BCUT2D eigenvalue weighted by Gasteiger charge is -2.34. The van der Waals surface area contributed by atoms with Crippen LogP contribution in [-0.2, 0) is 20.0 Å². The molecule has 0 saturated carbocycles. The second-order valence-electron chi connectivity index (χ2n) is 6.46. The number of amides is 1. The lowest BCUT2D eigenvalue weighted by Crippen LogP contribution is -2.50. The lowest BCUT2D eigenvalue weighted by atomic mass is 10.1. The highest BCUT2D eigenvalue weighted by molar-refractivity contribution is 7.92. The van der Waals surface area contributed by atoms with Crippen LogP contribution in [0, 0.1) is 0 Å². The third-order valence-electron chi connectivity index (χ3n) is 4.34. The Morgan fingerprint density at radius 2 is 1.43 bits per heavy atom. The zero-order chi connectivity index (χ0) is 20.4. The molecular formula is C18H21N3O5S2. The highest BCUT2D eigenvalue weighted by Crippen LogP contribution is 2.19. The highest BCUT2D eigenvalue weighted by Gasteiger charge is 2.30. The molecule has 0 spiro atoms. The minimum atomic E-state index is -3.57. The summed E-state index contributed by atoms with van der Waals surface area (Å²) < 4.78 is 51.5. The van der Waals surface area contributed by atoms with Crippen molar-refractivity contribution in [2.24, 2.45) is 0 Å². The van der Waals surface area contributed by atoms with Crippen LogP contribution in [0.2, 0.25) is 0 Å². The number of benzene rings is 2. The number of nitrogens with zero attached hydrogens (tertiary/aromatic N) is 2. The Balaban J connectivity index is 1.64. The fourth-order valence-corrected chi connectivity index (χ4v) is 4.96. The van der Waals surface area contributed by atoms with Crippen LogP contribution in [0.1, 0.15) is 10.4 Å². The van der Waals surface area contributed by atoms with Gasteiger partial charge in [0.05, 0.1) is 11.2 Å². The molecule has 2 aromatic carbocycles. The molecule has 1 saturated heterocycles. The molecule has 8 nitrogen and oxygen atoms in total. The maximum atomic E-state index is 12.7. The number of nitrogens with one attached hydrogen (secondary N) is 1. The van der Waals surface area contributed by atoms with Crippen molar-refractivity contribution in [2.75, 3.05) is 37.2 Å². The van der Waals surface area contributed by atoms with Gasteiger partial charge in [-0.1, -0.05) is 18.2 Å². The van der Waals surface area contributed by atoms with E-state index in [4.69, 9.17) is 0 Å². The zero-order valence-electron chi connectivity index (χ0n) is 15.3. The molecule has 1 heterocycles. The summed E-state index contributed by atoms with van der Waals surface area (Å²) in [7, 11) is -6.95. The zero-order valence-corrected chi connectivity index (χ0v) is 16.9. The Morgan fingerprint density at radius 1 is 0.857 bits per heavy atom. The van der Waals surface area contributed by atoms with Crippen molar-refractivity contribution < 1.29 is 21.6 Å². The van der Waals surface area contributed by atoms with Crippen LogP contribution in [0.5, 0.6) is 0 Å². The molecule has 2 aromatic rings. The fourth-order valence-electron chi connectivity index (χ4n) is 2.95. The van der Waals surface area contributed by atoms with E-state index < -0.39 is 20.0 Å². The summed E-state index contributed by atoms with van der Waals surface area (Å²) in [5.74, 6) is -0.220. The molecule has 1 N–H and O–H groups in total. The van der Waals surface area contributed by atoms with Gasteiger partial charge in [0.25, 0.3) is 5.91 Å². The lowest BCUT2D eigenvalue weighted by molar-refractivity contribution is 0.0698. The molecule has 150 valence electrons. The number of piperazine rings is 1. The number of rotatable bonds is 5. The van der Waals surface area contributed by atoms with Gasteiger partial charge in [-0.05, 0) is 36.4 Å². The molecule has 0 aromatic heterocycles. The van der Waals surface area contributed by atoms with Crippen LogP contribution >= 0.6 is 0 Å². The average Bonchev–Trinajstić information content (AvgIpc) is 2.67. The maximum Gasteiger partial charge on any atom is 0.253 e. The largest absolute Gasteiger partial charge is 0.336 e. The van der Waals surface area contributed by atoms with Gasteiger partial charge in [0.15, 0.2) is 0 Å². The van der Waals surface area contributed by atoms with Gasteiger partial charge in [0.2, 0.25) is 20.0 Å². The smallest absolute Gasteiger partial charge is 0.253 e. The Labute approximate surface area is 164 Å². The van der Waals surface area contributed by atoms with Gasteiger partial charge >= 0.3 is 0 Å². The molecule has 1 aliphatic heterocycles. The summed E-state index contributed by atoms with van der Waals surface area (Å²) in [4.78, 5) is 14.5. The van der Waals surface area contributed by atoms with Crippen molar-refractivity contribution >= 4 is 31.6 Å². The third kappa shape index (κ3) is 4.70. The molecule has 1 amide bonds. The minimum absolute atomic E-state index is 0.219. The molecular weight excluding hydrogens is 402 g/mol. The van der Waals surface area contributed by atoms with Gasteiger partial charge in [0.1, 0.15) is 0 Å². The first-order valence-corrected chi connectivity index (χ1v) is 11.9. The summed E-state index contributed by atoms with van der Waals surface area (Å²) in [5, 5.41) is 0. The van der Waals surface area contributed by atoms with Crippen LogP contribution in [-0.4, -0.2) is 64.4 Å². The Bertz CT molecular complexity index is 1040. The van der Waals surface area contributed by atoms with Crippen LogP contribution < -0.4 is 4.72 Å². The van der Waals surface area contributed by atoms with Gasteiger partial charge in [-0.2, -0.15) is 4.31 Å². The molecule has 3 rings (SSSR count). The first-order chi connectivity index (χ1) is 13.2. The molecule has 0 radical (unpaired) electrons. The van der Waals surface area contributed by atoms with Crippen LogP contribution in [0.3, 0.4) is 0 Å². The molecule has 28 heavy (non-hydrogen) atoms. The summed E-state index contributed by atoms with van der Waals surface area (Å²) in [6.07, 6.45) is 1.05. The van der Waals surface area contributed by atoms with Crippen LogP contribution in [0.15, 0.2) is 59.5 Å². The molecule has 0 bridgehead atoms. The molecule has 0 aliphatic carbocycles. The van der Waals surface area contributed by atoms with Gasteiger partial charge in [-0.15, -0.1) is 0 Å².